The molecule has 3 rings (SSSR count). The van der Waals surface area contributed by atoms with Crippen molar-refractivity contribution >= 4 is 11.6 Å². The Balaban J connectivity index is 1.71. The molecule has 1 N–H and O–H groups in total. The van der Waals surface area contributed by atoms with E-state index in [1.165, 1.54) is 24.0 Å². The molecule has 1 atom stereocenters. The van der Waals surface area contributed by atoms with Crippen molar-refractivity contribution in [1.82, 2.24) is 0 Å². The van der Waals surface area contributed by atoms with Crippen LogP contribution in [-0.4, -0.2) is 12.0 Å². The van der Waals surface area contributed by atoms with Crippen molar-refractivity contribution in [2.45, 2.75) is 59.0 Å². The molecule has 0 aromatic heterocycles. The third kappa shape index (κ3) is 4.22. The van der Waals surface area contributed by atoms with Crippen LogP contribution in [0.25, 0.3) is 0 Å². The van der Waals surface area contributed by atoms with E-state index in [9.17, 15) is 4.79 Å². The van der Waals surface area contributed by atoms with Crippen LogP contribution in [0.2, 0.25) is 0 Å². The summed E-state index contributed by atoms with van der Waals surface area (Å²) in [6.07, 6.45) is 4.91. The SMILES string of the molecule is CC[C@@H](Oc1ccc2c(c1)CCCC2)C(=O)Nc1cc(C)ccc1C. The number of hydrogen-bond donors (Lipinski definition) is 1. The Morgan fingerprint density at radius 2 is 1.84 bits per heavy atom. The van der Waals surface area contributed by atoms with Crippen molar-refractivity contribution < 1.29 is 9.53 Å². The van der Waals surface area contributed by atoms with Crippen LogP contribution in [0.1, 0.15) is 48.4 Å². The summed E-state index contributed by atoms with van der Waals surface area (Å²) in [6, 6.07) is 12.3. The van der Waals surface area contributed by atoms with Crippen LogP contribution in [0.5, 0.6) is 5.75 Å². The number of carbonyl (C=O) groups is 1. The van der Waals surface area contributed by atoms with E-state index in [0.717, 1.165) is 35.4 Å². The summed E-state index contributed by atoms with van der Waals surface area (Å²) < 4.78 is 6.02. The topological polar surface area (TPSA) is 38.3 Å². The Hall–Kier alpha value is -2.29. The van der Waals surface area contributed by atoms with Gasteiger partial charge in [-0.3, -0.25) is 4.79 Å². The first-order chi connectivity index (χ1) is 12.1. The van der Waals surface area contributed by atoms with Gasteiger partial charge in [0, 0.05) is 5.69 Å². The number of benzene rings is 2. The molecular formula is C22H27NO2. The zero-order chi connectivity index (χ0) is 17.8. The minimum atomic E-state index is -0.485. The molecule has 0 radical (unpaired) electrons. The van der Waals surface area contributed by atoms with Gasteiger partial charge in [0.15, 0.2) is 6.10 Å². The number of hydrogen-bond acceptors (Lipinski definition) is 2. The van der Waals surface area contributed by atoms with E-state index in [1.54, 1.807) is 0 Å². The van der Waals surface area contributed by atoms with E-state index >= 15 is 0 Å². The number of fused-ring (bicyclic) bond motifs is 1. The van der Waals surface area contributed by atoms with Gasteiger partial charge < -0.3 is 10.1 Å². The van der Waals surface area contributed by atoms with Gasteiger partial charge in [0.25, 0.3) is 5.91 Å². The number of anilines is 1. The molecule has 1 amide bonds. The Morgan fingerprint density at radius 1 is 1.08 bits per heavy atom. The first kappa shape index (κ1) is 17.5. The van der Waals surface area contributed by atoms with E-state index < -0.39 is 6.10 Å². The van der Waals surface area contributed by atoms with Crippen LogP contribution in [-0.2, 0) is 17.6 Å². The van der Waals surface area contributed by atoms with Gasteiger partial charge in [-0.2, -0.15) is 0 Å². The molecule has 1 aliphatic rings. The van der Waals surface area contributed by atoms with Gasteiger partial charge >= 0.3 is 0 Å². The van der Waals surface area contributed by atoms with Crippen molar-refractivity contribution in [1.29, 1.82) is 0 Å². The zero-order valence-electron chi connectivity index (χ0n) is 15.4. The second kappa shape index (κ2) is 7.73. The summed E-state index contributed by atoms with van der Waals surface area (Å²) in [5, 5.41) is 3.02. The monoisotopic (exact) mass is 337 g/mol. The molecule has 0 heterocycles. The lowest BCUT2D eigenvalue weighted by Gasteiger charge is -2.21. The third-order valence-corrected chi connectivity index (χ3v) is 4.91. The predicted molar refractivity (Wildman–Crippen MR) is 102 cm³/mol. The van der Waals surface area contributed by atoms with Crippen LogP contribution < -0.4 is 10.1 Å². The first-order valence-corrected chi connectivity index (χ1v) is 9.23. The lowest BCUT2D eigenvalue weighted by molar-refractivity contribution is -0.122. The van der Waals surface area contributed by atoms with Crippen molar-refractivity contribution in [3.8, 4) is 5.75 Å². The van der Waals surface area contributed by atoms with E-state index in [4.69, 9.17) is 4.74 Å². The molecule has 0 saturated carbocycles. The maximum Gasteiger partial charge on any atom is 0.265 e. The molecule has 0 spiro atoms. The summed E-state index contributed by atoms with van der Waals surface area (Å²) in [7, 11) is 0. The number of aryl methyl sites for hydroxylation is 4. The number of amides is 1. The van der Waals surface area contributed by atoms with Crippen molar-refractivity contribution in [2.75, 3.05) is 5.32 Å². The van der Waals surface area contributed by atoms with Crippen molar-refractivity contribution in [3.63, 3.8) is 0 Å². The van der Waals surface area contributed by atoms with E-state index in [0.29, 0.717) is 6.42 Å². The van der Waals surface area contributed by atoms with Crippen LogP contribution in [0.3, 0.4) is 0 Å². The maximum absolute atomic E-state index is 12.7. The maximum atomic E-state index is 12.7. The predicted octanol–water partition coefficient (Wildman–Crippen LogP) is 4.98. The minimum absolute atomic E-state index is 0.0890. The smallest absolute Gasteiger partial charge is 0.265 e. The van der Waals surface area contributed by atoms with Gasteiger partial charge in [0.1, 0.15) is 5.75 Å². The number of rotatable bonds is 5. The molecule has 0 aliphatic heterocycles. The third-order valence-electron chi connectivity index (χ3n) is 4.91. The molecule has 2 aromatic rings. The van der Waals surface area contributed by atoms with Gasteiger partial charge in [-0.25, -0.2) is 0 Å². The zero-order valence-corrected chi connectivity index (χ0v) is 15.4. The first-order valence-electron chi connectivity index (χ1n) is 9.23. The summed E-state index contributed by atoms with van der Waals surface area (Å²) in [5.74, 6) is 0.706. The Morgan fingerprint density at radius 3 is 2.60 bits per heavy atom. The average molecular weight is 337 g/mol. The molecule has 3 heteroatoms. The molecule has 3 nitrogen and oxygen atoms in total. The van der Waals surface area contributed by atoms with Crippen LogP contribution in [0.15, 0.2) is 36.4 Å². The molecule has 0 saturated heterocycles. The number of ether oxygens (including phenoxy) is 1. The highest BCUT2D eigenvalue weighted by Gasteiger charge is 2.20. The highest BCUT2D eigenvalue weighted by atomic mass is 16.5. The van der Waals surface area contributed by atoms with Crippen molar-refractivity contribution in [3.05, 3.63) is 58.7 Å². The Bertz CT molecular complexity index is 767. The van der Waals surface area contributed by atoms with Gasteiger partial charge in [-0.15, -0.1) is 0 Å². The van der Waals surface area contributed by atoms with E-state index in [2.05, 4.69) is 17.4 Å². The molecule has 132 valence electrons. The van der Waals surface area contributed by atoms with Gasteiger partial charge in [0.2, 0.25) is 0 Å². The van der Waals surface area contributed by atoms with E-state index in [-0.39, 0.29) is 5.91 Å². The van der Waals surface area contributed by atoms with Gasteiger partial charge in [-0.05, 0) is 86.4 Å². The minimum Gasteiger partial charge on any atom is -0.481 e. The van der Waals surface area contributed by atoms with E-state index in [1.807, 2.05) is 45.0 Å². The fourth-order valence-electron chi connectivity index (χ4n) is 3.35. The molecule has 0 bridgehead atoms. The molecule has 1 aliphatic carbocycles. The molecule has 0 fully saturated rings. The van der Waals surface area contributed by atoms with Crippen LogP contribution in [0, 0.1) is 13.8 Å². The van der Waals surface area contributed by atoms with Crippen molar-refractivity contribution in [2.24, 2.45) is 0 Å². The second-order valence-electron chi connectivity index (χ2n) is 6.96. The second-order valence-corrected chi connectivity index (χ2v) is 6.96. The lowest BCUT2D eigenvalue weighted by Crippen LogP contribution is -2.32. The molecule has 25 heavy (non-hydrogen) atoms. The summed E-state index contributed by atoms with van der Waals surface area (Å²) in [5.41, 5.74) is 5.84. The largest absolute Gasteiger partial charge is 0.481 e. The van der Waals surface area contributed by atoms with Crippen LogP contribution in [0.4, 0.5) is 5.69 Å². The molecule has 2 aromatic carbocycles. The van der Waals surface area contributed by atoms with Crippen LogP contribution >= 0.6 is 0 Å². The highest BCUT2D eigenvalue weighted by Crippen LogP contribution is 2.26. The fraction of sp³-hybridized carbons (Fsp3) is 0.409. The lowest BCUT2D eigenvalue weighted by atomic mass is 9.92. The molecule has 0 unspecified atom stereocenters. The summed E-state index contributed by atoms with van der Waals surface area (Å²) in [6.45, 7) is 6.00. The summed E-state index contributed by atoms with van der Waals surface area (Å²) in [4.78, 5) is 12.7. The molecular weight excluding hydrogens is 310 g/mol. The Kier molecular flexibility index (Phi) is 5.42. The average Bonchev–Trinajstić information content (AvgIpc) is 2.62. The number of carbonyl (C=O) groups excluding carboxylic acids is 1. The number of nitrogens with one attached hydrogen (secondary N) is 1. The summed E-state index contributed by atoms with van der Waals surface area (Å²) >= 11 is 0. The fourth-order valence-corrected chi connectivity index (χ4v) is 3.35. The highest BCUT2D eigenvalue weighted by molar-refractivity contribution is 5.95. The quantitative estimate of drug-likeness (QED) is 0.836. The van der Waals surface area contributed by atoms with Gasteiger partial charge in [0.05, 0.1) is 0 Å². The Labute approximate surface area is 150 Å². The normalized spacial score (nSPS) is 14.5. The van der Waals surface area contributed by atoms with Gasteiger partial charge in [-0.1, -0.05) is 25.1 Å². The standard InChI is InChI=1S/C22H27NO2/c1-4-21(22(24)23-20-13-15(2)9-10-16(20)3)25-19-12-11-17-7-5-6-8-18(17)14-19/h9-14,21H,4-8H2,1-3H3,(H,23,24)/t21-/m1/s1.